The van der Waals surface area contributed by atoms with E-state index in [1.165, 1.54) is 0 Å². The van der Waals surface area contributed by atoms with Crippen LogP contribution in [0.4, 0.5) is 0 Å². The first-order chi connectivity index (χ1) is 14.8. The molecule has 0 saturated carbocycles. The first-order valence-corrected chi connectivity index (χ1v) is 10.5. The normalized spacial score (nSPS) is 12.3. The van der Waals surface area contributed by atoms with Crippen molar-refractivity contribution in [3.8, 4) is 0 Å². The van der Waals surface area contributed by atoms with Crippen LogP contribution in [0.3, 0.4) is 0 Å². The highest BCUT2D eigenvalue weighted by atomic mass is 16.1. The number of fused-ring (bicyclic) bond motifs is 1. The van der Waals surface area contributed by atoms with Crippen molar-refractivity contribution in [2.75, 3.05) is 0 Å². The fourth-order valence-corrected chi connectivity index (χ4v) is 4.06. The Bertz CT molecular complexity index is 1240. The third-order valence-electron chi connectivity index (χ3n) is 5.44. The van der Waals surface area contributed by atoms with Crippen molar-refractivity contribution in [3.05, 3.63) is 76.4 Å². The van der Waals surface area contributed by atoms with Crippen LogP contribution in [0.1, 0.15) is 45.5 Å². The second kappa shape index (κ2) is 8.34. The van der Waals surface area contributed by atoms with Gasteiger partial charge in [0.25, 0.3) is 5.91 Å². The maximum Gasteiger partial charge on any atom is 0.252 e. The summed E-state index contributed by atoms with van der Waals surface area (Å²) in [6, 6.07) is 12.0. The van der Waals surface area contributed by atoms with Gasteiger partial charge in [-0.25, -0.2) is 9.67 Å². The molecular weight excluding hydrogens is 388 g/mol. The molecule has 0 aliphatic heterocycles. The highest BCUT2D eigenvalue weighted by Gasteiger charge is 2.20. The first kappa shape index (κ1) is 20.8. The molecule has 0 radical (unpaired) electrons. The van der Waals surface area contributed by atoms with Crippen LogP contribution < -0.4 is 5.32 Å². The van der Waals surface area contributed by atoms with Crippen LogP contribution in [0.25, 0.3) is 11.0 Å². The summed E-state index contributed by atoms with van der Waals surface area (Å²) in [6.45, 7) is 8.46. The quantitative estimate of drug-likeness (QED) is 0.522. The molecule has 0 bridgehead atoms. The predicted molar refractivity (Wildman–Crippen MR) is 121 cm³/mol. The van der Waals surface area contributed by atoms with E-state index in [9.17, 15) is 4.79 Å². The van der Waals surface area contributed by atoms with Gasteiger partial charge >= 0.3 is 0 Å². The lowest BCUT2D eigenvalue weighted by molar-refractivity contribution is 0.0941. The number of rotatable bonds is 6. The molecule has 7 nitrogen and oxygen atoms in total. The van der Waals surface area contributed by atoms with Crippen LogP contribution in [-0.4, -0.2) is 36.5 Å². The number of pyridine rings is 1. The highest BCUT2D eigenvalue weighted by molar-refractivity contribution is 6.06. The number of amides is 1. The van der Waals surface area contributed by atoms with Crippen molar-refractivity contribution in [1.82, 2.24) is 29.9 Å². The topological polar surface area (TPSA) is 77.6 Å². The molecule has 4 rings (SSSR count). The molecule has 1 atom stereocenters. The van der Waals surface area contributed by atoms with Gasteiger partial charge in [0.15, 0.2) is 5.65 Å². The molecule has 0 aliphatic rings. The number of nitrogens with zero attached hydrogens (tertiary/aromatic N) is 5. The molecule has 0 fully saturated rings. The Morgan fingerprint density at radius 3 is 2.52 bits per heavy atom. The second-order valence-corrected chi connectivity index (χ2v) is 8.23. The lowest BCUT2D eigenvalue weighted by atomic mass is 10.1. The molecule has 0 saturated heterocycles. The van der Waals surface area contributed by atoms with Gasteiger partial charge in [-0.1, -0.05) is 30.3 Å². The Morgan fingerprint density at radius 2 is 1.84 bits per heavy atom. The molecule has 1 amide bonds. The van der Waals surface area contributed by atoms with Gasteiger partial charge in [0, 0.05) is 25.0 Å². The summed E-state index contributed by atoms with van der Waals surface area (Å²) in [5, 5.41) is 13.0. The number of nitrogens with one attached hydrogen (secondary N) is 1. The van der Waals surface area contributed by atoms with Gasteiger partial charge < -0.3 is 5.32 Å². The fourth-order valence-electron chi connectivity index (χ4n) is 4.06. The third kappa shape index (κ3) is 4.35. The zero-order chi connectivity index (χ0) is 22.1. The fraction of sp³-hybridized carbons (Fsp3) is 0.333. The van der Waals surface area contributed by atoms with E-state index in [4.69, 9.17) is 10.1 Å². The number of hydrogen-bond donors (Lipinski definition) is 1. The van der Waals surface area contributed by atoms with E-state index in [1.807, 2.05) is 69.9 Å². The van der Waals surface area contributed by atoms with Crippen molar-refractivity contribution in [2.24, 2.45) is 7.05 Å². The first-order valence-electron chi connectivity index (χ1n) is 10.5. The molecule has 7 heteroatoms. The van der Waals surface area contributed by atoms with Crippen molar-refractivity contribution in [2.45, 2.75) is 46.7 Å². The molecule has 3 heterocycles. The maximum atomic E-state index is 13.2. The minimum atomic E-state index is -0.105. The molecule has 3 aromatic heterocycles. The number of carbonyl (C=O) groups excluding carboxylic acids is 1. The lowest BCUT2D eigenvalue weighted by Crippen LogP contribution is -2.34. The van der Waals surface area contributed by atoms with Gasteiger partial charge in [0.05, 0.1) is 28.9 Å². The molecule has 0 aliphatic carbocycles. The number of carbonyl (C=O) groups is 1. The Kier molecular flexibility index (Phi) is 5.59. The molecule has 4 aromatic rings. The summed E-state index contributed by atoms with van der Waals surface area (Å²) in [5.41, 5.74) is 6.22. The summed E-state index contributed by atoms with van der Waals surface area (Å²) >= 11 is 0. The molecule has 0 unspecified atom stereocenters. The molecule has 1 aromatic carbocycles. The highest BCUT2D eigenvalue weighted by Crippen LogP contribution is 2.23. The van der Waals surface area contributed by atoms with Crippen molar-refractivity contribution in [1.29, 1.82) is 0 Å². The number of aromatic nitrogens is 5. The SMILES string of the molecule is Cc1cc(C(=O)N[C@@H](C)Cc2cn(C)nc2C)c2c(C)nn(Cc3ccccc3)c2n1. The monoisotopic (exact) mass is 416 g/mol. The van der Waals surface area contributed by atoms with E-state index in [2.05, 4.69) is 22.5 Å². The van der Waals surface area contributed by atoms with E-state index in [0.29, 0.717) is 12.1 Å². The largest absolute Gasteiger partial charge is 0.349 e. The van der Waals surface area contributed by atoms with Crippen LogP contribution >= 0.6 is 0 Å². The van der Waals surface area contributed by atoms with Gasteiger partial charge in [-0.05, 0) is 51.3 Å². The average molecular weight is 417 g/mol. The summed E-state index contributed by atoms with van der Waals surface area (Å²) in [7, 11) is 1.91. The number of benzene rings is 1. The van der Waals surface area contributed by atoms with E-state index in [0.717, 1.165) is 45.7 Å². The van der Waals surface area contributed by atoms with Crippen LogP contribution in [-0.2, 0) is 20.0 Å². The Morgan fingerprint density at radius 1 is 1.10 bits per heavy atom. The zero-order valence-electron chi connectivity index (χ0n) is 18.7. The zero-order valence-corrected chi connectivity index (χ0v) is 18.7. The smallest absolute Gasteiger partial charge is 0.252 e. The van der Waals surface area contributed by atoms with Crippen LogP contribution in [0, 0.1) is 20.8 Å². The van der Waals surface area contributed by atoms with E-state index in [1.54, 1.807) is 4.68 Å². The molecule has 160 valence electrons. The molecule has 0 spiro atoms. The van der Waals surface area contributed by atoms with Gasteiger partial charge in [-0.3, -0.25) is 9.48 Å². The molecule has 31 heavy (non-hydrogen) atoms. The van der Waals surface area contributed by atoms with E-state index >= 15 is 0 Å². The van der Waals surface area contributed by atoms with Gasteiger partial charge in [-0.15, -0.1) is 0 Å². The summed E-state index contributed by atoms with van der Waals surface area (Å²) in [4.78, 5) is 17.9. The number of hydrogen-bond acceptors (Lipinski definition) is 4. The third-order valence-corrected chi connectivity index (χ3v) is 5.44. The molecule has 1 N–H and O–H groups in total. The average Bonchev–Trinajstić information content (AvgIpc) is 3.19. The minimum Gasteiger partial charge on any atom is -0.349 e. The Labute approximate surface area is 182 Å². The summed E-state index contributed by atoms with van der Waals surface area (Å²) in [5.74, 6) is -0.105. The van der Waals surface area contributed by atoms with E-state index < -0.39 is 0 Å². The Hall–Kier alpha value is -3.48. The number of aryl methyl sites for hydroxylation is 4. The van der Waals surface area contributed by atoms with Crippen molar-refractivity contribution in [3.63, 3.8) is 0 Å². The van der Waals surface area contributed by atoms with Crippen LogP contribution in [0.2, 0.25) is 0 Å². The van der Waals surface area contributed by atoms with Gasteiger partial charge in [-0.2, -0.15) is 10.2 Å². The lowest BCUT2D eigenvalue weighted by Gasteiger charge is -2.14. The van der Waals surface area contributed by atoms with Crippen molar-refractivity contribution < 1.29 is 4.79 Å². The summed E-state index contributed by atoms with van der Waals surface area (Å²) < 4.78 is 3.69. The maximum absolute atomic E-state index is 13.2. The predicted octanol–water partition coefficient (Wildman–Crippen LogP) is 3.50. The van der Waals surface area contributed by atoms with Crippen LogP contribution in [0.15, 0.2) is 42.6 Å². The molecular formula is C24H28N6O. The minimum absolute atomic E-state index is 0.0291. The van der Waals surface area contributed by atoms with Crippen LogP contribution in [0.5, 0.6) is 0 Å². The van der Waals surface area contributed by atoms with Gasteiger partial charge in [0.2, 0.25) is 0 Å². The Balaban J connectivity index is 1.62. The standard InChI is InChI=1S/C24H28N6O/c1-15(11-20-14-29(5)27-17(20)3)26-24(31)21-12-16(2)25-23-22(21)18(4)28-30(23)13-19-9-7-6-8-10-19/h6-10,12,14-15H,11,13H2,1-5H3,(H,26,31)/t15-/m0/s1. The van der Waals surface area contributed by atoms with E-state index in [-0.39, 0.29) is 11.9 Å². The van der Waals surface area contributed by atoms with Gasteiger partial charge in [0.1, 0.15) is 0 Å². The summed E-state index contributed by atoms with van der Waals surface area (Å²) in [6.07, 6.45) is 2.73. The van der Waals surface area contributed by atoms with Crippen molar-refractivity contribution >= 4 is 16.9 Å². The second-order valence-electron chi connectivity index (χ2n) is 8.23.